The van der Waals surface area contributed by atoms with Gasteiger partial charge in [-0.3, -0.25) is 0 Å². The third-order valence-corrected chi connectivity index (χ3v) is 3.44. The largest absolute Gasteiger partial charge is 0.379 e. The van der Waals surface area contributed by atoms with Crippen LogP contribution in [-0.2, 0) is 16.0 Å². The Kier molecular flexibility index (Phi) is 4.78. The Morgan fingerprint density at radius 3 is 3.31 bits per heavy atom. The predicted molar refractivity (Wildman–Crippen MR) is 65.8 cm³/mol. The van der Waals surface area contributed by atoms with Crippen LogP contribution in [0.2, 0.25) is 0 Å². The summed E-state index contributed by atoms with van der Waals surface area (Å²) in [6.45, 7) is 5.45. The van der Waals surface area contributed by atoms with Crippen molar-refractivity contribution in [3.63, 3.8) is 0 Å². The molecule has 2 heterocycles. The maximum Gasteiger partial charge on any atom is 0.0831 e. The Morgan fingerprint density at radius 2 is 2.62 bits per heavy atom. The summed E-state index contributed by atoms with van der Waals surface area (Å²) in [4.78, 5) is 0. The average Bonchev–Trinajstić information content (AvgIpc) is 2.96. The van der Waals surface area contributed by atoms with E-state index in [0.717, 1.165) is 32.8 Å². The second-order valence-corrected chi connectivity index (χ2v) is 5.01. The second-order valence-electron chi connectivity index (χ2n) is 4.23. The lowest BCUT2D eigenvalue weighted by Crippen LogP contribution is -2.32. The molecule has 0 aromatic carbocycles. The third-order valence-electron chi connectivity index (χ3n) is 2.70. The highest BCUT2D eigenvalue weighted by atomic mass is 32.1. The van der Waals surface area contributed by atoms with Gasteiger partial charge in [0.2, 0.25) is 0 Å². The van der Waals surface area contributed by atoms with Gasteiger partial charge in [-0.2, -0.15) is 11.3 Å². The van der Waals surface area contributed by atoms with E-state index < -0.39 is 0 Å². The maximum absolute atomic E-state index is 5.75. The van der Waals surface area contributed by atoms with Crippen LogP contribution in [0.4, 0.5) is 0 Å². The molecule has 1 aliphatic heterocycles. The summed E-state index contributed by atoms with van der Waals surface area (Å²) in [5.74, 6) is 0. The lowest BCUT2D eigenvalue weighted by molar-refractivity contribution is 0.0322. The van der Waals surface area contributed by atoms with E-state index in [2.05, 4.69) is 29.1 Å². The van der Waals surface area contributed by atoms with Crippen LogP contribution in [-0.4, -0.2) is 32.0 Å². The minimum absolute atomic E-state index is 0.311. The molecule has 2 atom stereocenters. The quantitative estimate of drug-likeness (QED) is 0.826. The molecule has 0 amide bonds. The normalized spacial score (nSPS) is 22.4. The summed E-state index contributed by atoms with van der Waals surface area (Å²) in [6.07, 6.45) is 1.35. The van der Waals surface area contributed by atoms with Crippen molar-refractivity contribution >= 4 is 11.3 Å². The number of ether oxygens (including phenoxy) is 2. The van der Waals surface area contributed by atoms with E-state index >= 15 is 0 Å². The van der Waals surface area contributed by atoms with Gasteiger partial charge in [0.15, 0.2) is 0 Å². The number of nitrogens with one attached hydrogen (secondary N) is 1. The van der Waals surface area contributed by atoms with Gasteiger partial charge in [0.05, 0.1) is 19.3 Å². The van der Waals surface area contributed by atoms with Crippen LogP contribution in [0.25, 0.3) is 0 Å². The Morgan fingerprint density at radius 1 is 1.69 bits per heavy atom. The van der Waals surface area contributed by atoms with Gasteiger partial charge in [0.1, 0.15) is 0 Å². The van der Waals surface area contributed by atoms with E-state index in [0.29, 0.717) is 12.1 Å². The Balaban J connectivity index is 1.58. The summed E-state index contributed by atoms with van der Waals surface area (Å²) in [5, 5.41) is 7.73. The maximum atomic E-state index is 5.75. The van der Waals surface area contributed by atoms with Gasteiger partial charge in [-0.25, -0.2) is 0 Å². The first kappa shape index (κ1) is 12.0. The number of thiophene rings is 1. The molecule has 3 nitrogen and oxygen atoms in total. The van der Waals surface area contributed by atoms with Crippen LogP contribution in [0.3, 0.4) is 0 Å². The van der Waals surface area contributed by atoms with Crippen molar-refractivity contribution in [1.29, 1.82) is 0 Å². The van der Waals surface area contributed by atoms with Gasteiger partial charge in [0.25, 0.3) is 0 Å². The number of hydrogen-bond acceptors (Lipinski definition) is 4. The summed E-state index contributed by atoms with van der Waals surface area (Å²) in [7, 11) is 0. The molecule has 1 aromatic rings. The standard InChI is InChI=1S/C12H19NO2S/c1-10(7-15-12-2-4-14-8-12)13-6-11-3-5-16-9-11/h3,5,9-10,12-13H,2,4,6-8H2,1H3. The fourth-order valence-corrected chi connectivity index (χ4v) is 2.34. The third kappa shape index (κ3) is 3.87. The topological polar surface area (TPSA) is 30.5 Å². The van der Waals surface area contributed by atoms with Crippen molar-refractivity contribution in [3.05, 3.63) is 22.4 Å². The molecule has 4 heteroatoms. The molecule has 2 rings (SSSR count). The van der Waals surface area contributed by atoms with Crippen molar-refractivity contribution in [2.75, 3.05) is 19.8 Å². The zero-order chi connectivity index (χ0) is 11.2. The van der Waals surface area contributed by atoms with Crippen LogP contribution < -0.4 is 5.32 Å². The average molecular weight is 241 g/mol. The first-order valence-corrected chi connectivity index (χ1v) is 6.72. The Bertz CT molecular complexity index is 283. The molecule has 1 aliphatic rings. The molecule has 0 aliphatic carbocycles. The van der Waals surface area contributed by atoms with Crippen LogP contribution in [0, 0.1) is 0 Å². The first-order chi connectivity index (χ1) is 7.84. The zero-order valence-electron chi connectivity index (χ0n) is 9.65. The van der Waals surface area contributed by atoms with Gasteiger partial charge in [-0.15, -0.1) is 0 Å². The second kappa shape index (κ2) is 6.35. The summed E-state index contributed by atoms with van der Waals surface area (Å²) in [6, 6.07) is 2.54. The monoisotopic (exact) mass is 241 g/mol. The molecular weight excluding hydrogens is 222 g/mol. The molecule has 1 N–H and O–H groups in total. The minimum atomic E-state index is 0.311. The molecular formula is C12H19NO2S. The number of hydrogen-bond donors (Lipinski definition) is 1. The van der Waals surface area contributed by atoms with Gasteiger partial charge in [0, 0.05) is 19.2 Å². The molecule has 0 spiro atoms. The lowest BCUT2D eigenvalue weighted by Gasteiger charge is -2.16. The van der Waals surface area contributed by atoms with Crippen molar-refractivity contribution < 1.29 is 9.47 Å². The molecule has 16 heavy (non-hydrogen) atoms. The molecule has 90 valence electrons. The van der Waals surface area contributed by atoms with Crippen LogP contribution in [0.15, 0.2) is 16.8 Å². The van der Waals surface area contributed by atoms with E-state index in [1.807, 2.05) is 0 Å². The Labute approximate surface area is 101 Å². The van der Waals surface area contributed by atoms with Crippen molar-refractivity contribution in [1.82, 2.24) is 5.32 Å². The molecule has 1 fully saturated rings. The highest BCUT2D eigenvalue weighted by Crippen LogP contribution is 2.09. The van der Waals surface area contributed by atoms with Crippen LogP contribution in [0.1, 0.15) is 18.9 Å². The number of rotatable bonds is 6. The summed E-state index contributed by atoms with van der Waals surface area (Å²) < 4.78 is 11.0. The zero-order valence-corrected chi connectivity index (χ0v) is 10.5. The van der Waals surface area contributed by atoms with Gasteiger partial charge in [-0.05, 0) is 35.7 Å². The molecule has 1 aromatic heterocycles. The van der Waals surface area contributed by atoms with Gasteiger partial charge < -0.3 is 14.8 Å². The molecule has 0 bridgehead atoms. The van der Waals surface area contributed by atoms with E-state index in [1.165, 1.54) is 5.56 Å². The van der Waals surface area contributed by atoms with E-state index in [-0.39, 0.29) is 0 Å². The predicted octanol–water partition coefficient (Wildman–Crippen LogP) is 2.03. The van der Waals surface area contributed by atoms with Crippen molar-refractivity contribution in [2.45, 2.75) is 32.0 Å². The fraction of sp³-hybridized carbons (Fsp3) is 0.667. The smallest absolute Gasteiger partial charge is 0.0831 e. The Hall–Kier alpha value is -0.420. The molecule has 2 unspecified atom stereocenters. The van der Waals surface area contributed by atoms with Gasteiger partial charge >= 0.3 is 0 Å². The fourth-order valence-electron chi connectivity index (χ4n) is 1.67. The SMILES string of the molecule is CC(COC1CCOC1)NCc1ccsc1. The van der Waals surface area contributed by atoms with Crippen LogP contribution in [0.5, 0.6) is 0 Å². The summed E-state index contributed by atoms with van der Waals surface area (Å²) in [5.41, 5.74) is 1.35. The van der Waals surface area contributed by atoms with E-state index in [9.17, 15) is 0 Å². The van der Waals surface area contributed by atoms with E-state index in [1.54, 1.807) is 11.3 Å². The highest BCUT2D eigenvalue weighted by Gasteiger charge is 2.16. The summed E-state index contributed by atoms with van der Waals surface area (Å²) >= 11 is 1.74. The highest BCUT2D eigenvalue weighted by molar-refractivity contribution is 7.07. The van der Waals surface area contributed by atoms with Gasteiger partial charge in [-0.1, -0.05) is 0 Å². The van der Waals surface area contributed by atoms with Crippen molar-refractivity contribution in [2.24, 2.45) is 0 Å². The lowest BCUT2D eigenvalue weighted by atomic mass is 10.3. The molecule has 0 saturated carbocycles. The molecule has 1 saturated heterocycles. The van der Waals surface area contributed by atoms with E-state index in [4.69, 9.17) is 9.47 Å². The first-order valence-electron chi connectivity index (χ1n) is 5.78. The van der Waals surface area contributed by atoms with Crippen molar-refractivity contribution in [3.8, 4) is 0 Å². The minimum Gasteiger partial charge on any atom is -0.379 e. The molecule has 0 radical (unpaired) electrons. The van der Waals surface area contributed by atoms with Crippen LogP contribution >= 0.6 is 11.3 Å².